The van der Waals surface area contributed by atoms with Gasteiger partial charge in [-0.3, -0.25) is 0 Å². The van der Waals surface area contributed by atoms with Gasteiger partial charge in [-0.05, 0) is 29.3 Å². The van der Waals surface area contributed by atoms with Gasteiger partial charge in [0.25, 0.3) is 0 Å². The van der Waals surface area contributed by atoms with Crippen LogP contribution in [0.5, 0.6) is 0 Å². The van der Waals surface area contributed by atoms with E-state index >= 15 is 0 Å². The van der Waals surface area contributed by atoms with E-state index in [2.05, 4.69) is 15.5 Å². The van der Waals surface area contributed by atoms with Crippen molar-refractivity contribution in [1.29, 1.82) is 0 Å². The molecule has 118 valence electrons. The third-order valence-electron chi connectivity index (χ3n) is 3.65. The number of morpholine rings is 1. The zero-order chi connectivity index (χ0) is 15.4. The van der Waals surface area contributed by atoms with Gasteiger partial charge in [-0.1, -0.05) is 0 Å². The molecule has 1 aliphatic heterocycles. The van der Waals surface area contributed by atoms with Crippen LogP contribution in [-0.4, -0.2) is 45.4 Å². The van der Waals surface area contributed by atoms with Gasteiger partial charge in [0.1, 0.15) is 12.4 Å². The molecule has 0 bridgehead atoms. The summed E-state index contributed by atoms with van der Waals surface area (Å²) in [6.07, 6.45) is 1.47. The molecular formula is C14H19N5O2S. The fraction of sp³-hybridized carbons (Fsp3) is 0.500. The lowest BCUT2D eigenvalue weighted by Crippen LogP contribution is -2.47. The maximum Gasteiger partial charge on any atom is 0.317 e. The number of hydrogen-bond acceptors (Lipinski definition) is 5. The van der Waals surface area contributed by atoms with Crippen molar-refractivity contribution in [1.82, 2.24) is 25.0 Å². The first-order valence-electron chi connectivity index (χ1n) is 7.31. The Hall–Kier alpha value is -1.93. The van der Waals surface area contributed by atoms with Gasteiger partial charge in [-0.2, -0.15) is 11.3 Å². The molecule has 22 heavy (non-hydrogen) atoms. The summed E-state index contributed by atoms with van der Waals surface area (Å²) >= 11 is 1.63. The molecular weight excluding hydrogens is 302 g/mol. The largest absolute Gasteiger partial charge is 0.366 e. The molecule has 1 atom stereocenters. The van der Waals surface area contributed by atoms with Gasteiger partial charge in [-0.25, -0.2) is 4.79 Å². The third kappa shape index (κ3) is 3.28. The summed E-state index contributed by atoms with van der Waals surface area (Å²) in [5.74, 6) is 0.776. The van der Waals surface area contributed by atoms with Crippen LogP contribution in [0.15, 0.2) is 23.2 Å². The van der Waals surface area contributed by atoms with Crippen molar-refractivity contribution in [3.8, 4) is 0 Å². The lowest BCUT2D eigenvalue weighted by atomic mass is 10.2. The van der Waals surface area contributed by atoms with Crippen LogP contribution in [-0.2, 0) is 17.8 Å². The summed E-state index contributed by atoms with van der Waals surface area (Å²) in [5.41, 5.74) is 1.12. The number of nitrogens with one attached hydrogen (secondary N) is 1. The smallest absolute Gasteiger partial charge is 0.317 e. The molecule has 0 saturated carbocycles. The van der Waals surface area contributed by atoms with Crippen molar-refractivity contribution in [2.75, 3.05) is 19.7 Å². The molecule has 0 radical (unpaired) electrons. The van der Waals surface area contributed by atoms with Crippen LogP contribution in [0.3, 0.4) is 0 Å². The van der Waals surface area contributed by atoms with E-state index in [1.165, 1.54) is 0 Å². The molecule has 7 nitrogen and oxygen atoms in total. The van der Waals surface area contributed by atoms with Gasteiger partial charge in [0, 0.05) is 19.6 Å². The normalized spacial score (nSPS) is 18.4. The zero-order valence-corrected chi connectivity index (χ0v) is 13.3. The van der Waals surface area contributed by atoms with Gasteiger partial charge in [0.2, 0.25) is 0 Å². The molecule has 1 fully saturated rings. The second-order valence-corrected chi connectivity index (χ2v) is 5.85. The zero-order valence-electron chi connectivity index (χ0n) is 12.4. The number of aryl methyl sites for hydroxylation is 1. The monoisotopic (exact) mass is 321 g/mol. The van der Waals surface area contributed by atoms with Crippen molar-refractivity contribution in [3.63, 3.8) is 0 Å². The fourth-order valence-corrected chi connectivity index (χ4v) is 3.10. The standard InChI is InChI=1S/C14H19N5O2S/c1-2-18-10-16-17-13(18)12-8-19(4-5-21-12)14(20)15-7-11-3-6-22-9-11/h3,6,9-10,12H,2,4-5,7-8H2,1H3,(H,15,20)/t12-/m0/s1. The molecule has 2 aromatic heterocycles. The molecule has 1 N–H and O–H groups in total. The third-order valence-corrected chi connectivity index (χ3v) is 4.38. The van der Waals surface area contributed by atoms with Crippen molar-refractivity contribution in [2.24, 2.45) is 0 Å². The summed E-state index contributed by atoms with van der Waals surface area (Å²) in [4.78, 5) is 14.1. The molecule has 0 unspecified atom stereocenters. The number of hydrogen-bond donors (Lipinski definition) is 1. The van der Waals surface area contributed by atoms with E-state index in [9.17, 15) is 4.79 Å². The van der Waals surface area contributed by atoms with Gasteiger partial charge in [0.05, 0.1) is 13.2 Å². The van der Waals surface area contributed by atoms with Crippen molar-refractivity contribution in [2.45, 2.75) is 26.1 Å². The first kappa shape index (κ1) is 15.0. The van der Waals surface area contributed by atoms with Crippen LogP contribution in [0.25, 0.3) is 0 Å². The SMILES string of the molecule is CCn1cnnc1[C@@H]1CN(C(=O)NCc2ccsc2)CCO1. The Morgan fingerprint density at radius 1 is 1.59 bits per heavy atom. The number of urea groups is 1. The second-order valence-electron chi connectivity index (χ2n) is 5.07. The van der Waals surface area contributed by atoms with Crippen molar-refractivity contribution < 1.29 is 9.53 Å². The Bertz CT molecular complexity index is 613. The lowest BCUT2D eigenvalue weighted by Gasteiger charge is -2.32. The molecule has 0 spiro atoms. The first-order valence-corrected chi connectivity index (χ1v) is 8.25. The number of nitrogens with zero attached hydrogens (tertiary/aromatic N) is 4. The Labute approximate surface area is 132 Å². The van der Waals surface area contributed by atoms with E-state index in [4.69, 9.17) is 4.74 Å². The average molecular weight is 321 g/mol. The van der Waals surface area contributed by atoms with Gasteiger partial charge in [-0.15, -0.1) is 10.2 Å². The quantitative estimate of drug-likeness (QED) is 0.929. The summed E-state index contributed by atoms with van der Waals surface area (Å²) in [6.45, 7) is 4.95. The van der Waals surface area contributed by atoms with Gasteiger partial charge in [0.15, 0.2) is 5.82 Å². The predicted octanol–water partition coefficient (Wildman–Crippen LogP) is 1.64. The van der Waals surface area contributed by atoms with Crippen LogP contribution in [0.4, 0.5) is 4.79 Å². The predicted molar refractivity (Wildman–Crippen MR) is 82.5 cm³/mol. The Kier molecular flexibility index (Phi) is 4.69. The minimum absolute atomic E-state index is 0.0675. The maximum absolute atomic E-state index is 12.3. The topological polar surface area (TPSA) is 72.3 Å². The van der Waals surface area contributed by atoms with E-state index < -0.39 is 0 Å². The molecule has 0 aliphatic carbocycles. The van der Waals surface area contributed by atoms with E-state index in [0.29, 0.717) is 26.2 Å². The summed E-state index contributed by atoms with van der Waals surface area (Å²) in [7, 11) is 0. The molecule has 2 aromatic rings. The highest BCUT2D eigenvalue weighted by molar-refractivity contribution is 7.07. The first-order chi connectivity index (χ1) is 10.8. The summed E-state index contributed by atoms with van der Waals surface area (Å²) in [6, 6.07) is 1.94. The van der Waals surface area contributed by atoms with Gasteiger partial charge >= 0.3 is 6.03 Å². The van der Waals surface area contributed by atoms with E-state index in [0.717, 1.165) is 17.9 Å². The number of aromatic nitrogens is 3. The second kappa shape index (κ2) is 6.89. The van der Waals surface area contributed by atoms with Crippen molar-refractivity contribution in [3.05, 3.63) is 34.5 Å². The molecule has 3 rings (SSSR count). The summed E-state index contributed by atoms with van der Waals surface area (Å²) < 4.78 is 7.69. The van der Waals surface area contributed by atoms with Crippen LogP contribution in [0.2, 0.25) is 0 Å². The minimum atomic E-state index is -0.219. The number of carbonyl (C=O) groups is 1. The van der Waals surface area contributed by atoms with Crippen molar-refractivity contribution >= 4 is 17.4 Å². The highest BCUT2D eigenvalue weighted by atomic mass is 32.1. The number of ether oxygens (including phenoxy) is 1. The number of thiophene rings is 1. The maximum atomic E-state index is 12.3. The number of amides is 2. The fourth-order valence-electron chi connectivity index (χ4n) is 2.43. The molecule has 2 amide bonds. The number of carbonyl (C=O) groups excluding carboxylic acids is 1. The number of rotatable bonds is 4. The Morgan fingerprint density at radius 2 is 2.50 bits per heavy atom. The molecule has 1 saturated heterocycles. The summed E-state index contributed by atoms with van der Waals surface area (Å²) in [5, 5.41) is 15.0. The molecule has 1 aliphatic rings. The van der Waals surface area contributed by atoms with E-state index in [1.807, 2.05) is 28.3 Å². The van der Waals surface area contributed by atoms with Crippen LogP contribution >= 0.6 is 11.3 Å². The molecule has 3 heterocycles. The van der Waals surface area contributed by atoms with E-state index in [1.54, 1.807) is 22.6 Å². The molecule has 0 aromatic carbocycles. The van der Waals surface area contributed by atoms with Crippen LogP contribution in [0.1, 0.15) is 24.4 Å². The van der Waals surface area contributed by atoms with Crippen LogP contribution < -0.4 is 5.32 Å². The highest BCUT2D eigenvalue weighted by Gasteiger charge is 2.28. The highest BCUT2D eigenvalue weighted by Crippen LogP contribution is 2.20. The average Bonchev–Trinajstić information content (AvgIpc) is 3.23. The Morgan fingerprint density at radius 3 is 3.27 bits per heavy atom. The minimum Gasteiger partial charge on any atom is -0.366 e. The van der Waals surface area contributed by atoms with Crippen LogP contribution in [0, 0.1) is 0 Å². The lowest BCUT2D eigenvalue weighted by molar-refractivity contribution is -0.0218. The van der Waals surface area contributed by atoms with E-state index in [-0.39, 0.29) is 12.1 Å². The Balaban J connectivity index is 1.59. The molecule has 8 heteroatoms. The van der Waals surface area contributed by atoms with Gasteiger partial charge < -0.3 is 19.5 Å².